The summed E-state index contributed by atoms with van der Waals surface area (Å²) >= 11 is 0. The molecule has 0 aliphatic heterocycles. The van der Waals surface area contributed by atoms with Crippen molar-refractivity contribution in [1.29, 1.82) is 0 Å². The van der Waals surface area contributed by atoms with Gasteiger partial charge in [0.15, 0.2) is 0 Å². The van der Waals surface area contributed by atoms with Gasteiger partial charge in [0.05, 0.1) is 12.6 Å². The van der Waals surface area contributed by atoms with Gasteiger partial charge < -0.3 is 15.4 Å². The molecule has 0 aliphatic carbocycles. The van der Waals surface area contributed by atoms with Crippen molar-refractivity contribution >= 4 is 5.91 Å². The molecule has 0 rings (SSSR count). The smallest absolute Gasteiger partial charge is 0.239 e. The first kappa shape index (κ1) is 14.1. The third-order valence-corrected chi connectivity index (χ3v) is 2.14. The first-order valence-electron chi connectivity index (χ1n) is 5.31. The molecule has 0 saturated carbocycles. The number of hydrogen-bond donors (Lipinski definition) is 1. The maximum atomic E-state index is 11.8. The summed E-state index contributed by atoms with van der Waals surface area (Å²) in [6.45, 7) is 7.26. The van der Waals surface area contributed by atoms with Crippen LogP contribution in [0.2, 0.25) is 0 Å². The predicted octanol–water partition coefficient (Wildman–Crippen LogP) is 0.775. The minimum absolute atomic E-state index is 0.0196. The zero-order valence-corrected chi connectivity index (χ0v) is 9.74. The van der Waals surface area contributed by atoms with Gasteiger partial charge in [0, 0.05) is 20.2 Å². The number of carbonyl (C=O) groups is 1. The van der Waals surface area contributed by atoms with Crippen molar-refractivity contribution in [3.05, 3.63) is 12.7 Å². The molecular formula is C11H22N2O2. The molecule has 1 atom stereocenters. The van der Waals surface area contributed by atoms with Crippen molar-refractivity contribution in [2.24, 2.45) is 5.73 Å². The lowest BCUT2D eigenvalue weighted by atomic mass is 10.1. The van der Waals surface area contributed by atoms with Crippen molar-refractivity contribution in [3.8, 4) is 0 Å². The molecule has 0 aromatic rings. The van der Waals surface area contributed by atoms with Gasteiger partial charge in [0.2, 0.25) is 5.91 Å². The van der Waals surface area contributed by atoms with Crippen LogP contribution in [0.25, 0.3) is 0 Å². The van der Waals surface area contributed by atoms with E-state index in [2.05, 4.69) is 6.58 Å². The van der Waals surface area contributed by atoms with Crippen LogP contribution in [0.15, 0.2) is 12.7 Å². The normalized spacial score (nSPS) is 12.2. The first-order chi connectivity index (χ1) is 7.17. The Bertz CT molecular complexity index is 195. The molecule has 0 fully saturated rings. The van der Waals surface area contributed by atoms with Gasteiger partial charge in [-0.2, -0.15) is 0 Å². The summed E-state index contributed by atoms with van der Waals surface area (Å²) in [5, 5.41) is 0. The lowest BCUT2D eigenvalue weighted by molar-refractivity contribution is -0.132. The van der Waals surface area contributed by atoms with Gasteiger partial charge in [-0.3, -0.25) is 4.79 Å². The molecular weight excluding hydrogens is 192 g/mol. The maximum absolute atomic E-state index is 11.8. The largest absolute Gasteiger partial charge is 0.383 e. The quantitative estimate of drug-likeness (QED) is 0.607. The summed E-state index contributed by atoms with van der Waals surface area (Å²) in [5.74, 6) is -0.0196. The van der Waals surface area contributed by atoms with E-state index < -0.39 is 6.04 Å². The number of ether oxygens (including phenoxy) is 1. The molecule has 2 N–H and O–H groups in total. The zero-order valence-electron chi connectivity index (χ0n) is 9.74. The van der Waals surface area contributed by atoms with Crippen LogP contribution >= 0.6 is 0 Å². The summed E-state index contributed by atoms with van der Waals surface area (Å²) in [5.41, 5.74) is 5.76. The minimum Gasteiger partial charge on any atom is -0.383 e. The summed E-state index contributed by atoms with van der Waals surface area (Å²) in [6, 6.07) is -0.396. The zero-order chi connectivity index (χ0) is 11.7. The molecule has 15 heavy (non-hydrogen) atoms. The summed E-state index contributed by atoms with van der Waals surface area (Å²) in [4.78, 5) is 13.5. The third-order valence-electron chi connectivity index (χ3n) is 2.14. The second-order valence-corrected chi connectivity index (χ2v) is 3.46. The van der Waals surface area contributed by atoms with Crippen LogP contribution in [0.4, 0.5) is 0 Å². The molecule has 0 aliphatic rings. The molecule has 0 heterocycles. The van der Waals surface area contributed by atoms with E-state index in [0.29, 0.717) is 19.7 Å². The standard InChI is InChI=1S/C11H22N2O2/c1-4-6-10(12)11(14)13(7-5-2)8-9-15-3/h5,10H,2,4,6-9,12H2,1,3H3/t10-/m0/s1. The molecule has 0 radical (unpaired) electrons. The fraction of sp³-hybridized carbons (Fsp3) is 0.727. The molecule has 0 bridgehead atoms. The Balaban J connectivity index is 4.19. The lowest BCUT2D eigenvalue weighted by Gasteiger charge is -2.24. The Kier molecular flexibility index (Phi) is 7.95. The Morgan fingerprint density at radius 2 is 2.33 bits per heavy atom. The monoisotopic (exact) mass is 214 g/mol. The number of nitrogens with two attached hydrogens (primary N) is 1. The lowest BCUT2D eigenvalue weighted by Crippen LogP contribution is -2.45. The van der Waals surface area contributed by atoms with Crippen molar-refractivity contribution in [2.45, 2.75) is 25.8 Å². The van der Waals surface area contributed by atoms with Gasteiger partial charge in [0.25, 0.3) is 0 Å². The molecule has 0 aromatic carbocycles. The first-order valence-corrected chi connectivity index (χ1v) is 5.31. The van der Waals surface area contributed by atoms with E-state index in [1.807, 2.05) is 6.92 Å². The highest BCUT2D eigenvalue weighted by molar-refractivity contribution is 5.81. The van der Waals surface area contributed by atoms with Gasteiger partial charge in [-0.1, -0.05) is 19.4 Å². The van der Waals surface area contributed by atoms with Crippen LogP contribution in [0.1, 0.15) is 19.8 Å². The van der Waals surface area contributed by atoms with Crippen molar-refractivity contribution in [1.82, 2.24) is 4.90 Å². The Labute approximate surface area is 92.1 Å². The number of nitrogens with zero attached hydrogens (tertiary/aromatic N) is 1. The highest BCUT2D eigenvalue weighted by Crippen LogP contribution is 2.00. The number of amides is 1. The van der Waals surface area contributed by atoms with Gasteiger partial charge >= 0.3 is 0 Å². The van der Waals surface area contributed by atoms with Crippen LogP contribution in [0, 0.1) is 0 Å². The SMILES string of the molecule is C=CCN(CCOC)C(=O)[C@@H](N)CCC. The fourth-order valence-corrected chi connectivity index (χ4v) is 1.32. The third kappa shape index (κ3) is 5.54. The minimum atomic E-state index is -0.396. The Morgan fingerprint density at radius 3 is 2.80 bits per heavy atom. The van der Waals surface area contributed by atoms with Gasteiger partial charge in [-0.15, -0.1) is 6.58 Å². The van der Waals surface area contributed by atoms with Crippen LogP contribution in [0.3, 0.4) is 0 Å². The topological polar surface area (TPSA) is 55.6 Å². The molecule has 88 valence electrons. The van der Waals surface area contributed by atoms with Crippen molar-refractivity contribution < 1.29 is 9.53 Å². The van der Waals surface area contributed by atoms with E-state index in [4.69, 9.17) is 10.5 Å². The van der Waals surface area contributed by atoms with E-state index in [-0.39, 0.29) is 5.91 Å². The summed E-state index contributed by atoms with van der Waals surface area (Å²) in [6.07, 6.45) is 3.34. The average molecular weight is 214 g/mol. The Morgan fingerprint density at radius 1 is 1.67 bits per heavy atom. The van der Waals surface area contributed by atoms with Gasteiger partial charge in [0.1, 0.15) is 0 Å². The predicted molar refractivity (Wildman–Crippen MR) is 61.5 cm³/mol. The van der Waals surface area contributed by atoms with Gasteiger partial charge in [-0.05, 0) is 6.42 Å². The molecule has 0 unspecified atom stereocenters. The number of carbonyl (C=O) groups excluding carboxylic acids is 1. The highest BCUT2D eigenvalue weighted by atomic mass is 16.5. The van der Waals surface area contributed by atoms with Gasteiger partial charge in [-0.25, -0.2) is 0 Å². The van der Waals surface area contributed by atoms with E-state index in [9.17, 15) is 4.79 Å². The molecule has 0 saturated heterocycles. The van der Waals surface area contributed by atoms with Crippen LogP contribution in [-0.4, -0.2) is 43.7 Å². The molecule has 1 amide bonds. The molecule has 4 nitrogen and oxygen atoms in total. The number of hydrogen-bond acceptors (Lipinski definition) is 3. The van der Waals surface area contributed by atoms with E-state index >= 15 is 0 Å². The second-order valence-electron chi connectivity index (χ2n) is 3.46. The highest BCUT2D eigenvalue weighted by Gasteiger charge is 2.18. The van der Waals surface area contributed by atoms with Crippen LogP contribution in [-0.2, 0) is 9.53 Å². The van der Waals surface area contributed by atoms with E-state index in [0.717, 1.165) is 12.8 Å². The number of rotatable bonds is 8. The van der Waals surface area contributed by atoms with Crippen molar-refractivity contribution in [3.63, 3.8) is 0 Å². The molecule has 4 heteroatoms. The van der Waals surface area contributed by atoms with E-state index in [1.165, 1.54) is 0 Å². The fourth-order valence-electron chi connectivity index (χ4n) is 1.32. The summed E-state index contributed by atoms with van der Waals surface area (Å²) < 4.78 is 4.94. The number of methoxy groups -OCH3 is 1. The van der Waals surface area contributed by atoms with Crippen LogP contribution < -0.4 is 5.73 Å². The Hall–Kier alpha value is -0.870. The second kappa shape index (κ2) is 8.44. The summed E-state index contributed by atoms with van der Waals surface area (Å²) in [7, 11) is 1.61. The molecule has 0 spiro atoms. The van der Waals surface area contributed by atoms with Crippen LogP contribution in [0.5, 0.6) is 0 Å². The average Bonchev–Trinajstić information content (AvgIpc) is 2.23. The van der Waals surface area contributed by atoms with Crippen molar-refractivity contribution in [2.75, 3.05) is 26.8 Å². The molecule has 0 aromatic heterocycles. The maximum Gasteiger partial charge on any atom is 0.239 e. The van der Waals surface area contributed by atoms with E-state index in [1.54, 1.807) is 18.1 Å².